The van der Waals surface area contributed by atoms with Crippen molar-refractivity contribution in [3.63, 3.8) is 0 Å². The predicted molar refractivity (Wildman–Crippen MR) is 135 cm³/mol. The van der Waals surface area contributed by atoms with Gasteiger partial charge in [-0.05, 0) is 38.0 Å². The number of benzene rings is 2. The highest BCUT2D eigenvalue weighted by molar-refractivity contribution is 7.12. The van der Waals surface area contributed by atoms with E-state index in [2.05, 4.69) is 4.98 Å². The van der Waals surface area contributed by atoms with Gasteiger partial charge in [0.2, 0.25) is 5.43 Å². The first-order valence-corrected chi connectivity index (χ1v) is 12.4. The number of nitro benzene ring substituents is 1. The largest absolute Gasteiger partial charge is 0.462 e. The Balaban J connectivity index is 1.73. The quantitative estimate of drug-likeness (QED) is 0.196. The van der Waals surface area contributed by atoms with Crippen LogP contribution in [0.5, 0.6) is 0 Å². The molecule has 0 aliphatic carbocycles. The number of hydrogen-bond donors (Lipinski definition) is 0. The molecule has 12 heteroatoms. The van der Waals surface area contributed by atoms with Gasteiger partial charge in [0, 0.05) is 42.4 Å². The van der Waals surface area contributed by atoms with E-state index in [4.69, 9.17) is 4.74 Å². The van der Waals surface area contributed by atoms with Gasteiger partial charge in [-0.1, -0.05) is 0 Å². The average Bonchev–Trinajstić information content (AvgIpc) is 3.58. The standard InChI is InChI=1S/C25H20F2N4O5S/c1-2-36-24(33)17-12-30(25-28-19(13-37-25)14-5-7-15(8-6-14)31(34)35)21-16(23(17)32)11-18(26)22(20(21)27)29-9-3-4-10-29/h5-8,11-13H,2-4,9-10H2,1H3. The average molecular weight is 527 g/mol. The molecule has 37 heavy (non-hydrogen) atoms. The van der Waals surface area contributed by atoms with Gasteiger partial charge >= 0.3 is 5.97 Å². The van der Waals surface area contributed by atoms with Crippen LogP contribution in [0.4, 0.5) is 20.2 Å². The molecule has 0 saturated carbocycles. The molecule has 0 N–H and O–H groups in total. The number of ether oxygens (including phenoxy) is 1. The predicted octanol–water partition coefficient (Wildman–Crippen LogP) is 5.08. The van der Waals surface area contributed by atoms with Crippen LogP contribution in [0, 0.1) is 21.7 Å². The molecule has 1 saturated heterocycles. The molecular weight excluding hydrogens is 506 g/mol. The second-order valence-corrected chi connectivity index (χ2v) is 9.23. The molecule has 2 aromatic heterocycles. The maximum atomic E-state index is 16.0. The van der Waals surface area contributed by atoms with E-state index in [-0.39, 0.29) is 39.6 Å². The van der Waals surface area contributed by atoms with Gasteiger partial charge in [0.25, 0.3) is 5.69 Å². The third-order valence-corrected chi connectivity index (χ3v) is 6.99. The zero-order valence-electron chi connectivity index (χ0n) is 19.6. The number of non-ortho nitro benzene ring substituents is 1. The first-order valence-electron chi connectivity index (χ1n) is 11.5. The van der Waals surface area contributed by atoms with Gasteiger partial charge in [0.15, 0.2) is 10.9 Å². The minimum absolute atomic E-state index is 0.00841. The highest BCUT2D eigenvalue weighted by Gasteiger charge is 2.28. The second kappa shape index (κ2) is 9.69. The lowest BCUT2D eigenvalue weighted by atomic mass is 10.1. The molecule has 0 radical (unpaired) electrons. The van der Waals surface area contributed by atoms with E-state index in [1.807, 2.05) is 0 Å². The summed E-state index contributed by atoms with van der Waals surface area (Å²) in [5, 5.41) is 12.5. The summed E-state index contributed by atoms with van der Waals surface area (Å²) >= 11 is 1.10. The van der Waals surface area contributed by atoms with E-state index in [9.17, 15) is 19.7 Å². The first-order chi connectivity index (χ1) is 17.8. The molecule has 4 aromatic rings. The summed E-state index contributed by atoms with van der Waals surface area (Å²) in [5.41, 5.74) is -0.713. The van der Waals surface area contributed by atoms with Crippen LogP contribution >= 0.6 is 11.3 Å². The summed E-state index contributed by atoms with van der Waals surface area (Å²) in [4.78, 5) is 42.3. The van der Waals surface area contributed by atoms with Gasteiger partial charge in [-0.15, -0.1) is 11.3 Å². The topological polar surface area (TPSA) is 108 Å². The number of hydrogen-bond acceptors (Lipinski definition) is 8. The fraction of sp³-hybridized carbons (Fsp3) is 0.240. The Bertz CT molecular complexity index is 1590. The summed E-state index contributed by atoms with van der Waals surface area (Å²) in [7, 11) is 0. The van der Waals surface area contributed by atoms with Crippen molar-refractivity contribution in [2.75, 3.05) is 24.6 Å². The van der Waals surface area contributed by atoms with Gasteiger partial charge in [-0.2, -0.15) is 0 Å². The van der Waals surface area contributed by atoms with Crippen molar-refractivity contribution < 1.29 is 23.2 Å². The van der Waals surface area contributed by atoms with Gasteiger partial charge in [0.05, 0.1) is 28.1 Å². The van der Waals surface area contributed by atoms with Gasteiger partial charge in [0.1, 0.15) is 17.1 Å². The van der Waals surface area contributed by atoms with E-state index < -0.39 is 28.0 Å². The smallest absolute Gasteiger partial charge is 0.343 e. The summed E-state index contributed by atoms with van der Waals surface area (Å²) in [6, 6.07) is 6.70. The van der Waals surface area contributed by atoms with Crippen LogP contribution in [0.1, 0.15) is 30.1 Å². The molecule has 1 fully saturated rings. The fourth-order valence-electron chi connectivity index (χ4n) is 4.40. The van der Waals surface area contributed by atoms with Crippen molar-refractivity contribution in [1.82, 2.24) is 9.55 Å². The van der Waals surface area contributed by atoms with Crippen molar-refractivity contribution in [3.8, 4) is 16.4 Å². The van der Waals surface area contributed by atoms with Gasteiger partial charge in [-0.25, -0.2) is 18.6 Å². The summed E-state index contributed by atoms with van der Waals surface area (Å²) in [6.45, 7) is 2.54. The molecule has 0 spiro atoms. The molecule has 1 aliphatic rings. The number of fused-ring (bicyclic) bond motifs is 1. The number of aromatic nitrogens is 2. The molecule has 0 amide bonds. The van der Waals surface area contributed by atoms with Crippen molar-refractivity contribution in [2.45, 2.75) is 19.8 Å². The third-order valence-electron chi connectivity index (χ3n) is 6.15. The maximum Gasteiger partial charge on any atom is 0.343 e. The Labute approximate surface area is 212 Å². The number of pyridine rings is 1. The number of nitro groups is 1. The number of anilines is 1. The number of thiazole rings is 1. The SMILES string of the molecule is CCOC(=O)c1cn(-c2nc(-c3ccc([N+](=O)[O-])cc3)cs2)c2c(F)c(N3CCCC3)c(F)cc2c1=O. The monoisotopic (exact) mass is 526 g/mol. The molecule has 0 atom stereocenters. The number of esters is 1. The van der Waals surface area contributed by atoms with Crippen LogP contribution in [-0.4, -0.2) is 40.1 Å². The van der Waals surface area contributed by atoms with E-state index in [1.54, 1.807) is 17.2 Å². The third kappa shape index (κ3) is 4.33. The number of halogens is 2. The molecule has 5 rings (SSSR count). The van der Waals surface area contributed by atoms with Crippen LogP contribution < -0.4 is 10.3 Å². The van der Waals surface area contributed by atoms with Crippen molar-refractivity contribution in [2.24, 2.45) is 0 Å². The molecule has 0 bridgehead atoms. The zero-order valence-corrected chi connectivity index (χ0v) is 20.4. The molecule has 1 aliphatic heterocycles. The van der Waals surface area contributed by atoms with E-state index in [1.165, 1.54) is 28.8 Å². The maximum absolute atomic E-state index is 16.0. The summed E-state index contributed by atoms with van der Waals surface area (Å²) in [5.74, 6) is -2.72. The molecule has 3 heterocycles. The zero-order chi connectivity index (χ0) is 26.3. The van der Waals surface area contributed by atoms with E-state index >= 15 is 8.78 Å². The lowest BCUT2D eigenvalue weighted by molar-refractivity contribution is -0.384. The Morgan fingerprint density at radius 1 is 1.22 bits per heavy atom. The second-order valence-electron chi connectivity index (χ2n) is 8.39. The van der Waals surface area contributed by atoms with Crippen LogP contribution in [-0.2, 0) is 4.74 Å². The highest BCUT2D eigenvalue weighted by Crippen LogP contribution is 2.34. The first kappa shape index (κ1) is 24.5. The molecule has 9 nitrogen and oxygen atoms in total. The Kier molecular flexibility index (Phi) is 6.42. The van der Waals surface area contributed by atoms with Crippen molar-refractivity contribution in [3.05, 3.63) is 79.4 Å². The summed E-state index contributed by atoms with van der Waals surface area (Å²) in [6.07, 6.45) is 2.74. The molecule has 2 aromatic carbocycles. The highest BCUT2D eigenvalue weighted by atomic mass is 32.1. The van der Waals surface area contributed by atoms with Crippen molar-refractivity contribution in [1.29, 1.82) is 0 Å². The Morgan fingerprint density at radius 2 is 1.92 bits per heavy atom. The summed E-state index contributed by atoms with van der Waals surface area (Å²) < 4.78 is 37.4. The lowest BCUT2D eigenvalue weighted by Crippen LogP contribution is -2.24. The van der Waals surface area contributed by atoms with Crippen molar-refractivity contribution >= 4 is 39.6 Å². The molecule has 0 unspecified atom stereocenters. The Morgan fingerprint density at radius 3 is 2.57 bits per heavy atom. The Hall–Kier alpha value is -4.19. The van der Waals surface area contributed by atoms with Gasteiger partial charge in [-0.3, -0.25) is 19.5 Å². The van der Waals surface area contributed by atoms with Crippen LogP contribution in [0.15, 0.2) is 46.7 Å². The normalized spacial score (nSPS) is 13.3. The number of nitrogens with zero attached hydrogens (tertiary/aromatic N) is 4. The van der Waals surface area contributed by atoms with E-state index in [0.29, 0.717) is 24.3 Å². The minimum Gasteiger partial charge on any atom is -0.462 e. The fourth-order valence-corrected chi connectivity index (χ4v) is 5.22. The minimum atomic E-state index is -0.920. The van der Waals surface area contributed by atoms with Crippen LogP contribution in [0.3, 0.4) is 0 Å². The van der Waals surface area contributed by atoms with Gasteiger partial charge < -0.3 is 9.64 Å². The van der Waals surface area contributed by atoms with Crippen LogP contribution in [0.25, 0.3) is 27.3 Å². The molecular formula is C25H20F2N4O5S. The molecule has 190 valence electrons. The number of rotatable bonds is 6. The number of carbonyl (C=O) groups excluding carboxylic acids is 1. The van der Waals surface area contributed by atoms with E-state index in [0.717, 1.165) is 36.4 Å². The van der Waals surface area contributed by atoms with Crippen LogP contribution in [0.2, 0.25) is 0 Å². The lowest BCUT2D eigenvalue weighted by Gasteiger charge is -2.21. The number of carbonyl (C=O) groups is 1.